The van der Waals surface area contributed by atoms with E-state index in [0.717, 1.165) is 17.7 Å². The fourth-order valence-corrected chi connectivity index (χ4v) is 3.28. The van der Waals surface area contributed by atoms with E-state index in [-0.39, 0.29) is 0 Å². The van der Waals surface area contributed by atoms with Gasteiger partial charge in [0, 0.05) is 36.9 Å². The summed E-state index contributed by atoms with van der Waals surface area (Å²) >= 11 is 0. The van der Waals surface area contributed by atoms with Crippen LogP contribution in [0.25, 0.3) is 5.69 Å². The first-order chi connectivity index (χ1) is 13.9. The van der Waals surface area contributed by atoms with Crippen molar-refractivity contribution in [2.75, 3.05) is 30.7 Å². The maximum absolute atomic E-state index is 11.2. The lowest BCUT2D eigenvalue weighted by atomic mass is 10.1. The molecule has 0 radical (unpaired) electrons. The third kappa shape index (κ3) is 6.60. The summed E-state index contributed by atoms with van der Waals surface area (Å²) in [6.45, 7) is 1.41. The molecule has 0 spiro atoms. The summed E-state index contributed by atoms with van der Waals surface area (Å²) in [5, 5.41) is 13.4. The molecular formula is C20H24N4O4S. The van der Waals surface area contributed by atoms with Gasteiger partial charge in [-0.2, -0.15) is 0 Å². The Bertz CT molecular complexity index is 988. The van der Waals surface area contributed by atoms with E-state index in [2.05, 4.69) is 15.0 Å². The van der Waals surface area contributed by atoms with Crippen molar-refractivity contribution >= 4 is 15.7 Å². The Morgan fingerprint density at radius 3 is 2.48 bits per heavy atom. The zero-order valence-corrected chi connectivity index (χ0v) is 16.8. The highest BCUT2D eigenvalue weighted by atomic mass is 32.2. The number of nitrogens with one attached hydrogen (secondary N) is 2. The number of benzene rings is 2. The Hall–Kier alpha value is -2.88. The Balaban J connectivity index is 1.38. The number of aromatic nitrogens is 2. The Kier molecular flexibility index (Phi) is 6.86. The van der Waals surface area contributed by atoms with Gasteiger partial charge in [0.1, 0.15) is 12.4 Å². The topological polar surface area (TPSA) is 105 Å². The number of imidazole rings is 1. The molecule has 3 N–H and O–H groups in total. The van der Waals surface area contributed by atoms with E-state index in [4.69, 9.17) is 4.74 Å². The van der Waals surface area contributed by atoms with Gasteiger partial charge in [0.15, 0.2) is 0 Å². The van der Waals surface area contributed by atoms with Crippen LogP contribution < -0.4 is 14.8 Å². The molecule has 3 rings (SSSR count). The van der Waals surface area contributed by atoms with Crippen molar-refractivity contribution in [1.29, 1.82) is 0 Å². The van der Waals surface area contributed by atoms with E-state index in [1.54, 1.807) is 36.8 Å². The van der Waals surface area contributed by atoms with E-state index >= 15 is 0 Å². The third-order valence-corrected chi connectivity index (χ3v) is 4.73. The highest BCUT2D eigenvalue weighted by Gasteiger charge is 2.08. The van der Waals surface area contributed by atoms with Crippen molar-refractivity contribution in [1.82, 2.24) is 14.9 Å². The predicted octanol–water partition coefficient (Wildman–Crippen LogP) is 1.95. The SMILES string of the molecule is CS(=O)(=O)Nc1ccc([C@@H](O)CNCCOc2ccc(-n3ccnc3)cc2)cc1. The molecule has 9 heteroatoms. The normalized spacial score (nSPS) is 12.5. The predicted molar refractivity (Wildman–Crippen MR) is 112 cm³/mol. The fourth-order valence-electron chi connectivity index (χ4n) is 2.71. The van der Waals surface area contributed by atoms with E-state index < -0.39 is 16.1 Å². The lowest BCUT2D eigenvalue weighted by Crippen LogP contribution is -2.26. The van der Waals surface area contributed by atoms with Crippen molar-refractivity contribution in [3.05, 3.63) is 72.8 Å². The lowest BCUT2D eigenvalue weighted by molar-refractivity contribution is 0.172. The number of hydrogen-bond acceptors (Lipinski definition) is 6. The van der Waals surface area contributed by atoms with Crippen molar-refractivity contribution in [2.45, 2.75) is 6.10 Å². The molecule has 0 aliphatic heterocycles. The Morgan fingerprint density at radius 2 is 1.86 bits per heavy atom. The number of aliphatic hydroxyl groups is 1. The summed E-state index contributed by atoms with van der Waals surface area (Å²) in [6, 6.07) is 14.3. The molecule has 1 aromatic heterocycles. The van der Waals surface area contributed by atoms with E-state index in [1.165, 1.54) is 0 Å². The quantitative estimate of drug-likeness (QED) is 0.436. The molecule has 3 aromatic rings. The number of rotatable bonds is 10. The summed E-state index contributed by atoms with van der Waals surface area (Å²) in [4.78, 5) is 4.02. The molecular weight excluding hydrogens is 392 g/mol. The van der Waals surface area contributed by atoms with Crippen LogP contribution in [0.1, 0.15) is 11.7 Å². The number of nitrogens with zero attached hydrogens (tertiary/aromatic N) is 2. The van der Waals surface area contributed by atoms with Crippen LogP contribution in [0.3, 0.4) is 0 Å². The maximum Gasteiger partial charge on any atom is 0.229 e. The van der Waals surface area contributed by atoms with Crippen molar-refractivity contribution in [3.8, 4) is 11.4 Å². The van der Waals surface area contributed by atoms with E-state index in [1.807, 2.05) is 35.0 Å². The molecule has 0 aliphatic rings. The minimum atomic E-state index is -3.31. The molecule has 0 bridgehead atoms. The molecule has 0 saturated heterocycles. The number of aliphatic hydroxyl groups excluding tert-OH is 1. The van der Waals surface area contributed by atoms with Gasteiger partial charge >= 0.3 is 0 Å². The van der Waals surface area contributed by atoms with Crippen LogP contribution in [0.4, 0.5) is 5.69 Å². The molecule has 1 atom stereocenters. The van der Waals surface area contributed by atoms with Crippen LogP contribution in [-0.2, 0) is 10.0 Å². The maximum atomic E-state index is 11.2. The summed E-state index contributed by atoms with van der Waals surface area (Å²) in [7, 11) is -3.31. The van der Waals surface area contributed by atoms with Crippen LogP contribution in [-0.4, -0.2) is 49.0 Å². The summed E-state index contributed by atoms with van der Waals surface area (Å²) in [6.07, 6.45) is 5.74. The first kappa shape index (κ1) is 20.8. The first-order valence-corrected chi connectivity index (χ1v) is 11.0. The number of sulfonamides is 1. The standard InChI is InChI=1S/C20H24N4O4S/c1-29(26,27)23-17-4-2-16(3-5-17)20(25)14-21-11-13-28-19-8-6-18(7-9-19)24-12-10-22-15-24/h2-10,12,15,20-21,23,25H,11,13-14H2,1H3/t20-/m0/s1. The zero-order chi connectivity index (χ0) is 20.7. The van der Waals surface area contributed by atoms with Gasteiger partial charge in [-0.25, -0.2) is 13.4 Å². The van der Waals surface area contributed by atoms with E-state index in [0.29, 0.717) is 30.9 Å². The largest absolute Gasteiger partial charge is 0.492 e. The highest BCUT2D eigenvalue weighted by Crippen LogP contribution is 2.17. The molecule has 0 amide bonds. The molecule has 0 unspecified atom stereocenters. The van der Waals surface area contributed by atoms with Crippen molar-refractivity contribution < 1.29 is 18.3 Å². The molecule has 1 heterocycles. The molecule has 0 fully saturated rings. The van der Waals surface area contributed by atoms with Crippen LogP contribution in [0.2, 0.25) is 0 Å². The van der Waals surface area contributed by atoms with Crippen LogP contribution in [0, 0.1) is 0 Å². The van der Waals surface area contributed by atoms with Gasteiger partial charge in [-0.05, 0) is 42.0 Å². The summed E-state index contributed by atoms with van der Waals surface area (Å²) in [5.41, 5.74) is 2.17. The molecule has 8 nitrogen and oxygen atoms in total. The molecule has 2 aromatic carbocycles. The van der Waals surface area contributed by atoms with Gasteiger partial charge in [0.25, 0.3) is 0 Å². The second kappa shape index (κ2) is 9.55. The van der Waals surface area contributed by atoms with Crippen molar-refractivity contribution in [3.63, 3.8) is 0 Å². The Morgan fingerprint density at radius 1 is 1.14 bits per heavy atom. The molecule has 0 aliphatic carbocycles. The lowest BCUT2D eigenvalue weighted by Gasteiger charge is -2.13. The van der Waals surface area contributed by atoms with Gasteiger partial charge in [0.05, 0.1) is 18.7 Å². The average molecular weight is 417 g/mol. The highest BCUT2D eigenvalue weighted by molar-refractivity contribution is 7.92. The van der Waals surface area contributed by atoms with Gasteiger partial charge in [-0.3, -0.25) is 4.72 Å². The first-order valence-electron chi connectivity index (χ1n) is 9.08. The smallest absolute Gasteiger partial charge is 0.229 e. The van der Waals surface area contributed by atoms with Gasteiger partial charge in [0.2, 0.25) is 10.0 Å². The second-order valence-corrected chi connectivity index (χ2v) is 8.28. The molecule has 0 saturated carbocycles. The number of ether oxygens (including phenoxy) is 1. The van der Waals surface area contributed by atoms with Gasteiger partial charge in [-0.15, -0.1) is 0 Å². The number of hydrogen-bond donors (Lipinski definition) is 3. The average Bonchev–Trinajstić information content (AvgIpc) is 3.22. The molecule has 29 heavy (non-hydrogen) atoms. The van der Waals surface area contributed by atoms with Crippen LogP contribution >= 0.6 is 0 Å². The number of anilines is 1. The monoisotopic (exact) mass is 416 g/mol. The summed E-state index contributed by atoms with van der Waals surface area (Å²) < 4.78 is 32.4. The van der Waals surface area contributed by atoms with E-state index in [9.17, 15) is 13.5 Å². The Labute approximate surface area is 170 Å². The summed E-state index contributed by atoms with van der Waals surface area (Å²) in [5.74, 6) is 0.769. The fraction of sp³-hybridized carbons (Fsp3) is 0.250. The van der Waals surface area contributed by atoms with Crippen molar-refractivity contribution in [2.24, 2.45) is 0 Å². The van der Waals surface area contributed by atoms with Crippen LogP contribution in [0.15, 0.2) is 67.3 Å². The minimum absolute atomic E-state index is 0.363. The minimum Gasteiger partial charge on any atom is -0.492 e. The third-order valence-electron chi connectivity index (χ3n) is 4.12. The van der Waals surface area contributed by atoms with Crippen LogP contribution in [0.5, 0.6) is 5.75 Å². The zero-order valence-electron chi connectivity index (χ0n) is 16.0. The van der Waals surface area contributed by atoms with Gasteiger partial charge in [-0.1, -0.05) is 12.1 Å². The second-order valence-electron chi connectivity index (χ2n) is 6.53. The van der Waals surface area contributed by atoms with Gasteiger partial charge < -0.3 is 19.7 Å². The molecule has 154 valence electrons.